The monoisotopic (exact) mass is 467 g/mol. The second-order valence-corrected chi connectivity index (χ2v) is 9.25. The van der Waals surface area contributed by atoms with Crippen molar-refractivity contribution in [2.24, 2.45) is 0 Å². The van der Waals surface area contributed by atoms with Gasteiger partial charge in [-0.2, -0.15) is 0 Å². The third kappa shape index (κ3) is 3.88. The number of anilines is 1. The fourth-order valence-corrected chi connectivity index (χ4v) is 4.32. The molecule has 1 fully saturated rings. The molecule has 0 bridgehead atoms. The normalized spacial score (nSPS) is 13.6. The van der Waals surface area contributed by atoms with Gasteiger partial charge in [0.25, 0.3) is 5.91 Å². The quantitative estimate of drug-likeness (QED) is 0.364. The maximum atomic E-state index is 13.1. The summed E-state index contributed by atoms with van der Waals surface area (Å²) in [7, 11) is 0. The zero-order valence-electron chi connectivity index (χ0n) is 19.8. The SMILES string of the molecule is Cc1ccc2oc(C(=O)Nc3cccc(-c4nncn4C(C)C)n3)cc2c1-n1cnc(C2CC2)c1. The summed E-state index contributed by atoms with van der Waals surface area (Å²) in [5.41, 5.74) is 4.43. The van der Waals surface area contributed by atoms with Crippen LogP contribution >= 0.6 is 0 Å². The van der Waals surface area contributed by atoms with Gasteiger partial charge in [-0.15, -0.1) is 10.2 Å². The van der Waals surface area contributed by atoms with Gasteiger partial charge in [0.1, 0.15) is 23.4 Å². The Hall–Kier alpha value is -4.27. The summed E-state index contributed by atoms with van der Waals surface area (Å²) in [6.07, 6.45) is 7.99. The number of furan rings is 1. The number of hydrogen-bond acceptors (Lipinski definition) is 6. The van der Waals surface area contributed by atoms with Crippen LogP contribution in [0.3, 0.4) is 0 Å². The lowest BCUT2D eigenvalue weighted by atomic mass is 10.1. The van der Waals surface area contributed by atoms with E-state index in [0.717, 1.165) is 22.3 Å². The minimum atomic E-state index is -0.371. The molecule has 1 saturated carbocycles. The summed E-state index contributed by atoms with van der Waals surface area (Å²) in [6.45, 7) is 6.14. The molecule has 9 nitrogen and oxygen atoms in total. The summed E-state index contributed by atoms with van der Waals surface area (Å²) < 4.78 is 9.90. The highest BCUT2D eigenvalue weighted by atomic mass is 16.3. The van der Waals surface area contributed by atoms with Gasteiger partial charge in [-0.25, -0.2) is 9.97 Å². The molecule has 0 atom stereocenters. The van der Waals surface area contributed by atoms with Gasteiger partial charge in [-0.3, -0.25) is 4.79 Å². The van der Waals surface area contributed by atoms with Crippen LogP contribution in [0.15, 0.2) is 59.7 Å². The standard InChI is InChI=1S/C26H25N7O2/c1-15(2)33-14-28-31-25(33)19-5-4-6-23(29-19)30-26(34)22-11-18-21(35-22)10-7-16(3)24(18)32-12-20(27-13-32)17-8-9-17/h4-7,10-15,17H,8-9H2,1-3H3,(H,29,30,34). The number of aromatic nitrogens is 6. The third-order valence-corrected chi connectivity index (χ3v) is 6.30. The number of amides is 1. The van der Waals surface area contributed by atoms with Crippen molar-refractivity contribution in [3.05, 3.63) is 72.3 Å². The van der Waals surface area contributed by atoms with Gasteiger partial charge in [0.2, 0.25) is 0 Å². The van der Waals surface area contributed by atoms with E-state index in [9.17, 15) is 4.79 Å². The number of carbonyl (C=O) groups is 1. The van der Waals surface area contributed by atoms with Crippen molar-refractivity contribution in [2.45, 2.75) is 45.6 Å². The first-order valence-corrected chi connectivity index (χ1v) is 11.7. The Morgan fingerprint density at radius 3 is 2.83 bits per heavy atom. The number of nitrogens with one attached hydrogen (secondary N) is 1. The number of pyridine rings is 1. The minimum absolute atomic E-state index is 0.184. The molecule has 1 aliphatic rings. The molecule has 9 heteroatoms. The molecular formula is C26H25N7O2. The average Bonchev–Trinajstić information content (AvgIpc) is 3.25. The van der Waals surface area contributed by atoms with Crippen molar-refractivity contribution in [1.82, 2.24) is 29.3 Å². The van der Waals surface area contributed by atoms with E-state index >= 15 is 0 Å². The minimum Gasteiger partial charge on any atom is -0.451 e. The van der Waals surface area contributed by atoms with Crippen LogP contribution in [0.25, 0.3) is 28.2 Å². The lowest BCUT2D eigenvalue weighted by Crippen LogP contribution is -2.12. The number of benzene rings is 1. The number of rotatable bonds is 6. The van der Waals surface area contributed by atoms with Crippen molar-refractivity contribution in [1.29, 1.82) is 0 Å². The van der Waals surface area contributed by atoms with Gasteiger partial charge in [-0.1, -0.05) is 12.1 Å². The predicted molar refractivity (Wildman–Crippen MR) is 132 cm³/mol. The summed E-state index contributed by atoms with van der Waals surface area (Å²) in [5.74, 6) is 1.47. The Balaban J connectivity index is 1.30. The second kappa shape index (κ2) is 8.19. The first-order valence-electron chi connectivity index (χ1n) is 11.7. The second-order valence-electron chi connectivity index (χ2n) is 9.25. The van der Waals surface area contributed by atoms with Gasteiger partial charge < -0.3 is 18.9 Å². The highest BCUT2D eigenvalue weighted by Crippen LogP contribution is 2.39. The molecule has 5 aromatic rings. The number of nitrogens with zero attached hydrogens (tertiary/aromatic N) is 6. The molecule has 0 spiro atoms. The fourth-order valence-electron chi connectivity index (χ4n) is 4.32. The van der Waals surface area contributed by atoms with Gasteiger partial charge in [0.15, 0.2) is 11.6 Å². The van der Waals surface area contributed by atoms with E-state index in [1.807, 2.05) is 60.5 Å². The van der Waals surface area contributed by atoms with Crippen LogP contribution in [0.5, 0.6) is 0 Å². The van der Waals surface area contributed by atoms with Crippen LogP contribution in [-0.4, -0.2) is 35.2 Å². The van der Waals surface area contributed by atoms with E-state index in [2.05, 4.69) is 31.7 Å². The van der Waals surface area contributed by atoms with Gasteiger partial charge >= 0.3 is 0 Å². The Morgan fingerprint density at radius 1 is 1.17 bits per heavy atom. The molecule has 1 amide bonds. The highest BCUT2D eigenvalue weighted by molar-refractivity contribution is 6.05. The molecule has 35 heavy (non-hydrogen) atoms. The lowest BCUT2D eigenvalue weighted by Gasteiger charge is -2.10. The van der Waals surface area contributed by atoms with E-state index in [4.69, 9.17) is 4.42 Å². The zero-order valence-corrected chi connectivity index (χ0v) is 19.8. The molecule has 1 aromatic carbocycles. The molecule has 0 radical (unpaired) electrons. The Labute approximate surface area is 201 Å². The van der Waals surface area contributed by atoms with E-state index in [-0.39, 0.29) is 17.7 Å². The summed E-state index contributed by atoms with van der Waals surface area (Å²) in [4.78, 5) is 22.2. The van der Waals surface area contributed by atoms with Crippen LogP contribution in [0.2, 0.25) is 0 Å². The first kappa shape index (κ1) is 21.3. The predicted octanol–water partition coefficient (Wildman–Crippen LogP) is 5.29. The molecule has 4 aromatic heterocycles. The maximum absolute atomic E-state index is 13.1. The van der Waals surface area contributed by atoms with Crippen molar-refractivity contribution in [3.63, 3.8) is 0 Å². The lowest BCUT2D eigenvalue weighted by molar-refractivity contribution is 0.0998. The molecule has 0 saturated heterocycles. The highest BCUT2D eigenvalue weighted by Gasteiger charge is 2.26. The van der Waals surface area contributed by atoms with Crippen LogP contribution in [-0.2, 0) is 0 Å². The molecule has 1 aliphatic carbocycles. The Morgan fingerprint density at radius 2 is 2.03 bits per heavy atom. The van der Waals surface area contributed by atoms with E-state index in [1.165, 1.54) is 12.8 Å². The smallest absolute Gasteiger partial charge is 0.292 e. The number of carbonyl (C=O) groups excluding carboxylic acids is 1. The molecule has 4 heterocycles. The number of hydrogen-bond donors (Lipinski definition) is 1. The van der Waals surface area contributed by atoms with Crippen LogP contribution in [0.4, 0.5) is 5.82 Å². The van der Waals surface area contributed by atoms with Crippen molar-refractivity contribution < 1.29 is 9.21 Å². The first-order chi connectivity index (χ1) is 17.0. The summed E-state index contributed by atoms with van der Waals surface area (Å²) in [6, 6.07) is 11.3. The van der Waals surface area contributed by atoms with Crippen LogP contribution < -0.4 is 5.32 Å². The number of aryl methyl sites for hydroxylation is 1. The molecule has 6 rings (SSSR count). The molecule has 176 valence electrons. The summed E-state index contributed by atoms with van der Waals surface area (Å²) in [5, 5.41) is 11.9. The van der Waals surface area contributed by atoms with Crippen LogP contribution in [0.1, 0.15) is 60.5 Å². The Bertz CT molecular complexity index is 1550. The van der Waals surface area contributed by atoms with E-state index in [1.54, 1.807) is 18.5 Å². The third-order valence-electron chi connectivity index (χ3n) is 6.30. The summed E-state index contributed by atoms with van der Waals surface area (Å²) >= 11 is 0. The largest absolute Gasteiger partial charge is 0.451 e. The van der Waals surface area contributed by atoms with Crippen molar-refractivity contribution in [3.8, 4) is 17.2 Å². The maximum Gasteiger partial charge on any atom is 0.292 e. The van der Waals surface area contributed by atoms with Gasteiger partial charge in [0, 0.05) is 23.5 Å². The molecule has 0 aliphatic heterocycles. The molecular weight excluding hydrogens is 442 g/mol. The molecule has 1 N–H and O–H groups in total. The Kier molecular flexibility index (Phi) is 4.98. The van der Waals surface area contributed by atoms with Gasteiger partial charge in [0.05, 0.1) is 17.7 Å². The topological polar surface area (TPSA) is 104 Å². The van der Waals surface area contributed by atoms with Gasteiger partial charge in [-0.05, 0) is 63.4 Å². The van der Waals surface area contributed by atoms with Crippen molar-refractivity contribution in [2.75, 3.05) is 5.32 Å². The average molecular weight is 468 g/mol. The number of fused-ring (bicyclic) bond motifs is 1. The fraction of sp³-hybridized carbons (Fsp3) is 0.269. The zero-order chi connectivity index (χ0) is 24.1. The van der Waals surface area contributed by atoms with Crippen LogP contribution in [0, 0.1) is 6.92 Å². The van der Waals surface area contributed by atoms with Crippen molar-refractivity contribution >= 4 is 22.7 Å². The number of imidazole rings is 1. The van der Waals surface area contributed by atoms with E-state index < -0.39 is 0 Å². The molecule has 0 unspecified atom stereocenters. The van der Waals surface area contributed by atoms with E-state index in [0.29, 0.717) is 28.8 Å².